The average Bonchev–Trinajstić information content (AvgIpc) is 4.21. The summed E-state index contributed by atoms with van der Waals surface area (Å²) >= 11 is 0. The van der Waals surface area contributed by atoms with Gasteiger partial charge >= 0.3 is 6.09 Å². The Kier molecular flexibility index (Phi) is 13.5. The number of rotatable bonds is 13. The number of aromatic nitrogens is 4. The highest BCUT2D eigenvalue weighted by molar-refractivity contribution is 5.87. The van der Waals surface area contributed by atoms with E-state index in [-0.39, 0.29) is 18.0 Å². The second kappa shape index (κ2) is 19.9. The van der Waals surface area contributed by atoms with Crippen LogP contribution in [0.25, 0.3) is 44.8 Å². The molecule has 2 aliphatic heterocycles. The third-order valence-electron chi connectivity index (χ3n) is 12.1. The lowest BCUT2D eigenvalue weighted by atomic mass is 10.0. The molecule has 2 saturated heterocycles. The highest BCUT2D eigenvalue weighted by Gasteiger charge is 2.36. The zero-order valence-electron chi connectivity index (χ0n) is 36.5. The molecule has 0 aliphatic carbocycles. The first kappa shape index (κ1) is 44.1. The number of aromatic amines is 2. The summed E-state index contributed by atoms with van der Waals surface area (Å²) in [6, 6.07) is 31.0. The molecular weight excluding hydrogens is 826 g/mol. The van der Waals surface area contributed by atoms with Crippen molar-refractivity contribution in [3.05, 3.63) is 156 Å². The van der Waals surface area contributed by atoms with Gasteiger partial charge < -0.3 is 44.9 Å². The largest absolute Gasteiger partial charge is 0.456 e. The van der Waals surface area contributed by atoms with Gasteiger partial charge in [-0.05, 0) is 80.3 Å². The minimum atomic E-state index is -0.544. The minimum Gasteiger partial charge on any atom is -0.456 e. The van der Waals surface area contributed by atoms with Gasteiger partial charge in [0.2, 0.25) is 12.3 Å². The number of carbonyl (C=O) groups excluding carboxylic acids is 3. The molecule has 4 aromatic carbocycles. The number of carbonyl (C=O) groups is 3. The lowest BCUT2D eigenvalue weighted by molar-refractivity contribution is -0.134. The van der Waals surface area contributed by atoms with Gasteiger partial charge in [-0.2, -0.15) is 0 Å². The molecule has 65 heavy (non-hydrogen) atoms. The fraction of sp³-hybridized carbons (Fsp3) is 0.260. The fourth-order valence-corrected chi connectivity index (χ4v) is 8.83. The van der Waals surface area contributed by atoms with Crippen LogP contribution in [0.15, 0.2) is 132 Å². The number of nitrogens with zero attached hydrogens (tertiary/aromatic N) is 4. The molecule has 14 nitrogen and oxygen atoms in total. The van der Waals surface area contributed by atoms with Crippen LogP contribution in [-0.2, 0) is 14.3 Å². The van der Waals surface area contributed by atoms with E-state index in [2.05, 4.69) is 37.4 Å². The molecule has 7 aromatic rings. The topological polar surface area (TPSA) is 174 Å². The molecule has 3 aromatic heterocycles. The van der Waals surface area contributed by atoms with E-state index in [1.165, 1.54) is 13.2 Å². The van der Waals surface area contributed by atoms with Crippen LogP contribution in [-0.4, -0.2) is 82.4 Å². The summed E-state index contributed by atoms with van der Waals surface area (Å²) < 4.78 is 27.1. The van der Waals surface area contributed by atoms with E-state index in [9.17, 15) is 9.59 Å². The summed E-state index contributed by atoms with van der Waals surface area (Å²) in [5.74, 6) is 1.50. The van der Waals surface area contributed by atoms with Gasteiger partial charge in [0, 0.05) is 42.3 Å². The number of nitrogens with one attached hydrogen (secondary N) is 5. The molecule has 9 rings (SSSR count). The van der Waals surface area contributed by atoms with Crippen molar-refractivity contribution in [3.63, 3.8) is 0 Å². The molecule has 5 heterocycles. The summed E-state index contributed by atoms with van der Waals surface area (Å²) in [7, 11) is 4.71. The van der Waals surface area contributed by atoms with Crippen LogP contribution in [0, 0.1) is 5.82 Å². The highest BCUT2D eigenvalue weighted by atomic mass is 19.1. The second-order valence-electron chi connectivity index (χ2n) is 16.0. The fourth-order valence-electron chi connectivity index (χ4n) is 8.83. The Morgan fingerprint density at radius 1 is 0.815 bits per heavy atom. The Balaban J connectivity index is 0.00000138. The number of methoxy groups -OCH3 is 1. The SMILES string of the molecule is C=C([C@H](NC(=O)OC)c1ccccc1)N1CCC[C@H]1c1ncc(-c2ccc(-c3cc4cc(-c5cnc(C6CCCN6C(=O)C(NC)c6ccccc6)[nH]5)ccc4o3)c(F)c2)[nH]1.CNC=O. The molecule has 3 amide bonds. The van der Waals surface area contributed by atoms with Crippen LogP contribution >= 0.6 is 0 Å². The van der Waals surface area contributed by atoms with Crippen molar-refractivity contribution in [2.75, 3.05) is 34.3 Å². The van der Waals surface area contributed by atoms with Crippen molar-refractivity contribution in [2.24, 2.45) is 0 Å². The molecule has 2 aliphatic rings. The van der Waals surface area contributed by atoms with Crippen LogP contribution in [0.3, 0.4) is 0 Å². The first-order valence-electron chi connectivity index (χ1n) is 21.6. The smallest absolute Gasteiger partial charge is 0.407 e. The van der Waals surface area contributed by atoms with Gasteiger partial charge in [-0.25, -0.2) is 19.2 Å². The second-order valence-corrected chi connectivity index (χ2v) is 16.0. The number of benzene rings is 4. The number of alkyl carbamates (subject to hydrolysis) is 1. The predicted octanol–water partition coefficient (Wildman–Crippen LogP) is 8.75. The van der Waals surface area contributed by atoms with Crippen molar-refractivity contribution in [1.82, 2.24) is 45.7 Å². The summed E-state index contributed by atoms with van der Waals surface area (Å²) in [4.78, 5) is 55.6. The van der Waals surface area contributed by atoms with Crippen LogP contribution in [0.2, 0.25) is 0 Å². The van der Waals surface area contributed by atoms with Crippen molar-refractivity contribution >= 4 is 29.4 Å². The number of likely N-dealkylation sites (tertiary alicyclic amines) is 2. The van der Waals surface area contributed by atoms with Gasteiger partial charge in [0.05, 0.1) is 54.6 Å². The lowest BCUT2D eigenvalue weighted by Gasteiger charge is -2.32. The van der Waals surface area contributed by atoms with Crippen molar-refractivity contribution in [3.8, 4) is 33.8 Å². The summed E-state index contributed by atoms with van der Waals surface area (Å²) in [5, 5.41) is 9.20. The molecular formula is C50H52FN9O5. The molecule has 2 fully saturated rings. The zero-order chi connectivity index (χ0) is 45.5. The Bertz CT molecular complexity index is 2770. The van der Waals surface area contributed by atoms with E-state index >= 15 is 4.39 Å². The van der Waals surface area contributed by atoms with E-state index in [1.54, 1.807) is 25.5 Å². The summed E-state index contributed by atoms with van der Waals surface area (Å²) in [6.45, 7) is 5.81. The number of halogens is 1. The molecule has 0 radical (unpaired) electrons. The molecule has 2 unspecified atom stereocenters. The van der Waals surface area contributed by atoms with Gasteiger partial charge in [-0.15, -0.1) is 0 Å². The number of ether oxygens (including phenoxy) is 1. The van der Waals surface area contributed by atoms with Crippen molar-refractivity contribution < 1.29 is 27.9 Å². The van der Waals surface area contributed by atoms with E-state index in [4.69, 9.17) is 23.9 Å². The third-order valence-corrected chi connectivity index (χ3v) is 12.1. The van der Waals surface area contributed by atoms with Crippen molar-refractivity contribution in [2.45, 2.75) is 49.9 Å². The van der Waals surface area contributed by atoms with Crippen LogP contribution < -0.4 is 16.0 Å². The number of imidazole rings is 2. The van der Waals surface area contributed by atoms with Crippen LogP contribution in [0.5, 0.6) is 0 Å². The molecule has 5 N–H and O–H groups in total. The molecule has 0 saturated carbocycles. The van der Waals surface area contributed by atoms with Gasteiger partial charge in [0.25, 0.3) is 0 Å². The van der Waals surface area contributed by atoms with Gasteiger partial charge in [-0.1, -0.05) is 73.3 Å². The maximum Gasteiger partial charge on any atom is 0.407 e. The summed E-state index contributed by atoms with van der Waals surface area (Å²) in [5.41, 5.74) is 6.57. The maximum atomic E-state index is 16.0. The van der Waals surface area contributed by atoms with E-state index < -0.39 is 24.0 Å². The van der Waals surface area contributed by atoms with Crippen LogP contribution in [0.4, 0.5) is 9.18 Å². The Labute approximate surface area is 376 Å². The van der Waals surface area contributed by atoms with E-state index in [0.717, 1.165) is 77.3 Å². The number of hydrogen-bond donors (Lipinski definition) is 5. The predicted molar refractivity (Wildman–Crippen MR) is 246 cm³/mol. The first-order valence-corrected chi connectivity index (χ1v) is 21.6. The Morgan fingerprint density at radius 2 is 1.38 bits per heavy atom. The quantitative estimate of drug-likeness (QED) is 0.0710. The third kappa shape index (κ3) is 9.41. The molecule has 15 heteroatoms. The number of H-pyrrole nitrogens is 2. The summed E-state index contributed by atoms with van der Waals surface area (Å²) in [6.07, 6.45) is 7.07. The van der Waals surface area contributed by atoms with Crippen LogP contribution in [0.1, 0.15) is 72.6 Å². The molecule has 334 valence electrons. The lowest BCUT2D eigenvalue weighted by Crippen LogP contribution is -2.39. The number of likely N-dealkylation sites (N-methyl/N-ethyl adjacent to an activating group) is 1. The van der Waals surface area contributed by atoms with Gasteiger partial charge in [-0.3, -0.25) is 9.59 Å². The minimum absolute atomic E-state index is 0.0269. The number of furan rings is 1. The number of amides is 3. The Hall–Kier alpha value is -7.52. The normalized spacial score (nSPS) is 16.7. The monoisotopic (exact) mass is 877 g/mol. The Morgan fingerprint density at radius 3 is 1.97 bits per heavy atom. The van der Waals surface area contributed by atoms with E-state index in [1.807, 2.05) is 103 Å². The highest BCUT2D eigenvalue weighted by Crippen LogP contribution is 2.40. The molecule has 4 atom stereocenters. The molecule has 0 spiro atoms. The van der Waals surface area contributed by atoms with Gasteiger partial charge in [0.1, 0.15) is 34.9 Å². The average molecular weight is 878 g/mol. The standard InChI is InChI=1S/C48H47FN8O4.C2H5NO/c1-29(43(55-48(59)60-3)30-12-6-4-7-13-30)56-22-10-16-39(56)45-51-28-38(54-45)33-18-20-35(36(49)25-33)42-26-34-24-32(19-21-41(34)61-42)37-27-52-46(53-37)40-17-11-23-57(40)47(58)44(50-2)31-14-8-5-9-15-31;1-3-2-4/h4-9,12-15,18-21,24-28,39-40,43-44,50H,1,10-11,16-17,22-23H2,2-3H3,(H,51,54)(H,52,53)(H,55,59);2H,1H3,(H,3,4)/t39-,40?,43-,44?;/m0./s1. The first-order chi connectivity index (χ1) is 31.7. The molecule has 0 bridgehead atoms. The van der Waals surface area contributed by atoms with Gasteiger partial charge in [0.15, 0.2) is 0 Å². The number of fused-ring (bicyclic) bond motifs is 1. The zero-order valence-corrected chi connectivity index (χ0v) is 36.5. The van der Waals surface area contributed by atoms with Crippen molar-refractivity contribution in [1.29, 1.82) is 0 Å². The maximum absolute atomic E-state index is 16.0. The van der Waals surface area contributed by atoms with E-state index in [0.29, 0.717) is 41.1 Å². The number of hydrogen-bond acceptors (Lipinski definition) is 9.